The lowest BCUT2D eigenvalue weighted by atomic mass is 10.1. The van der Waals surface area contributed by atoms with Crippen molar-refractivity contribution in [3.05, 3.63) is 47.0 Å². The van der Waals surface area contributed by atoms with Crippen LogP contribution in [0.4, 0.5) is 0 Å². The Bertz CT molecular complexity index is 583. The van der Waals surface area contributed by atoms with Gasteiger partial charge >= 0.3 is 0 Å². The van der Waals surface area contributed by atoms with Crippen LogP contribution in [0.3, 0.4) is 0 Å². The van der Waals surface area contributed by atoms with E-state index in [9.17, 15) is 4.79 Å². The first-order valence-electron chi connectivity index (χ1n) is 7.02. The first-order valence-corrected chi connectivity index (χ1v) is 7.02. The van der Waals surface area contributed by atoms with E-state index in [0.717, 1.165) is 22.7 Å². The van der Waals surface area contributed by atoms with Crippen LogP contribution < -0.4 is 10.1 Å². The van der Waals surface area contributed by atoms with E-state index in [-0.39, 0.29) is 12.5 Å². The number of nitrogens with zero attached hydrogens (tertiary/aromatic N) is 1. The molecule has 112 valence electrons. The quantitative estimate of drug-likeness (QED) is 0.854. The summed E-state index contributed by atoms with van der Waals surface area (Å²) >= 11 is 0. The Kier molecular flexibility index (Phi) is 4.98. The molecule has 0 aliphatic rings. The summed E-state index contributed by atoms with van der Waals surface area (Å²) < 4.78 is 5.64. The molecule has 0 aliphatic heterocycles. The number of rotatable bonds is 6. The number of amides is 1. The number of nitrogens with one attached hydrogen (secondary N) is 2. The van der Waals surface area contributed by atoms with Gasteiger partial charge in [-0.25, -0.2) is 4.98 Å². The number of aromatic amines is 1. The zero-order valence-corrected chi connectivity index (χ0v) is 12.7. The highest BCUT2D eigenvalue weighted by atomic mass is 16.5. The molecule has 0 atom stereocenters. The van der Waals surface area contributed by atoms with Crippen LogP contribution in [-0.2, 0) is 11.2 Å². The third kappa shape index (κ3) is 4.34. The Balaban J connectivity index is 1.79. The van der Waals surface area contributed by atoms with Gasteiger partial charge in [0.05, 0.1) is 0 Å². The number of benzene rings is 1. The maximum Gasteiger partial charge on any atom is 0.257 e. The number of carbonyl (C=O) groups is 1. The minimum absolute atomic E-state index is 0.0307. The van der Waals surface area contributed by atoms with Crippen molar-refractivity contribution < 1.29 is 9.53 Å². The smallest absolute Gasteiger partial charge is 0.257 e. The number of aryl methyl sites for hydroxylation is 3. The second kappa shape index (κ2) is 6.92. The molecule has 1 amide bonds. The van der Waals surface area contributed by atoms with E-state index in [0.29, 0.717) is 13.0 Å². The Hall–Kier alpha value is -2.30. The molecule has 0 spiro atoms. The number of hydrogen-bond acceptors (Lipinski definition) is 3. The second-order valence-corrected chi connectivity index (χ2v) is 5.15. The maximum absolute atomic E-state index is 11.8. The van der Waals surface area contributed by atoms with Gasteiger partial charge in [0.25, 0.3) is 5.91 Å². The van der Waals surface area contributed by atoms with Gasteiger partial charge in [-0.15, -0.1) is 0 Å². The summed E-state index contributed by atoms with van der Waals surface area (Å²) in [6.45, 7) is 6.60. The molecule has 0 aliphatic carbocycles. The molecule has 5 heteroatoms. The van der Waals surface area contributed by atoms with Gasteiger partial charge in [0, 0.05) is 25.4 Å². The summed E-state index contributed by atoms with van der Waals surface area (Å²) in [5.74, 6) is 1.53. The summed E-state index contributed by atoms with van der Waals surface area (Å²) in [7, 11) is 0. The number of imidazole rings is 1. The highest BCUT2D eigenvalue weighted by molar-refractivity contribution is 5.77. The molecule has 0 unspecified atom stereocenters. The van der Waals surface area contributed by atoms with Gasteiger partial charge in [0.15, 0.2) is 6.61 Å². The van der Waals surface area contributed by atoms with Crippen LogP contribution in [0.5, 0.6) is 5.75 Å². The lowest BCUT2D eigenvalue weighted by molar-refractivity contribution is -0.123. The average molecular weight is 287 g/mol. The van der Waals surface area contributed by atoms with E-state index in [1.54, 1.807) is 12.4 Å². The van der Waals surface area contributed by atoms with Gasteiger partial charge in [0.1, 0.15) is 11.6 Å². The van der Waals surface area contributed by atoms with Crippen LogP contribution >= 0.6 is 0 Å². The van der Waals surface area contributed by atoms with Crippen molar-refractivity contribution in [2.75, 3.05) is 13.2 Å². The predicted molar refractivity (Wildman–Crippen MR) is 81.4 cm³/mol. The summed E-state index contributed by atoms with van der Waals surface area (Å²) in [6.07, 6.45) is 4.15. The molecule has 1 aromatic heterocycles. The number of ether oxygens (including phenoxy) is 1. The largest absolute Gasteiger partial charge is 0.483 e. The molecule has 0 radical (unpaired) electrons. The molecule has 21 heavy (non-hydrogen) atoms. The van der Waals surface area contributed by atoms with Crippen LogP contribution in [0.25, 0.3) is 0 Å². The van der Waals surface area contributed by atoms with Crippen molar-refractivity contribution in [1.82, 2.24) is 15.3 Å². The summed E-state index contributed by atoms with van der Waals surface area (Å²) in [5.41, 5.74) is 3.30. The highest BCUT2D eigenvalue weighted by Crippen LogP contribution is 2.24. The summed E-state index contributed by atoms with van der Waals surface area (Å²) in [4.78, 5) is 18.9. The van der Waals surface area contributed by atoms with E-state index < -0.39 is 0 Å². The van der Waals surface area contributed by atoms with E-state index >= 15 is 0 Å². The van der Waals surface area contributed by atoms with Crippen molar-refractivity contribution in [1.29, 1.82) is 0 Å². The molecule has 0 saturated carbocycles. The summed E-state index contributed by atoms with van der Waals surface area (Å²) in [6, 6.07) is 4.11. The molecule has 5 nitrogen and oxygen atoms in total. The molecule has 0 fully saturated rings. The van der Waals surface area contributed by atoms with E-state index in [4.69, 9.17) is 4.74 Å². The summed E-state index contributed by atoms with van der Waals surface area (Å²) in [5, 5.41) is 2.82. The topological polar surface area (TPSA) is 67.0 Å². The fraction of sp³-hybridized carbons (Fsp3) is 0.375. The lowest BCUT2D eigenvalue weighted by Crippen LogP contribution is -2.31. The lowest BCUT2D eigenvalue weighted by Gasteiger charge is -2.13. The van der Waals surface area contributed by atoms with Gasteiger partial charge in [-0.3, -0.25) is 4.79 Å². The molecule has 1 aromatic carbocycles. The zero-order chi connectivity index (χ0) is 15.2. The molecule has 2 aromatic rings. The van der Waals surface area contributed by atoms with Gasteiger partial charge in [0.2, 0.25) is 0 Å². The third-order valence-corrected chi connectivity index (χ3v) is 3.19. The van der Waals surface area contributed by atoms with Crippen LogP contribution in [0, 0.1) is 20.8 Å². The Morgan fingerprint density at radius 2 is 2.00 bits per heavy atom. The van der Waals surface area contributed by atoms with Crippen molar-refractivity contribution >= 4 is 5.91 Å². The van der Waals surface area contributed by atoms with E-state index in [2.05, 4.69) is 27.4 Å². The van der Waals surface area contributed by atoms with Gasteiger partial charge in [-0.05, 0) is 31.9 Å². The van der Waals surface area contributed by atoms with Crippen molar-refractivity contribution in [2.45, 2.75) is 27.2 Å². The monoisotopic (exact) mass is 287 g/mol. The minimum Gasteiger partial charge on any atom is -0.483 e. The fourth-order valence-electron chi connectivity index (χ4n) is 2.34. The Morgan fingerprint density at radius 3 is 2.62 bits per heavy atom. The standard InChI is InChI=1S/C16H21N3O2/c1-11-8-12(2)16(13(3)9-11)21-10-15(20)19-5-4-14-17-6-7-18-14/h6-9H,4-5,10H2,1-3H3,(H,17,18)(H,19,20). The molecule has 2 rings (SSSR count). The molecule has 2 N–H and O–H groups in total. The van der Waals surface area contributed by atoms with Gasteiger partial charge in [-0.2, -0.15) is 0 Å². The first-order chi connectivity index (χ1) is 10.1. The highest BCUT2D eigenvalue weighted by Gasteiger charge is 2.08. The predicted octanol–water partition coefficient (Wildman–Crippen LogP) is 2.07. The molecular weight excluding hydrogens is 266 g/mol. The molecular formula is C16H21N3O2. The van der Waals surface area contributed by atoms with E-state index in [1.165, 1.54) is 5.56 Å². The fourth-order valence-corrected chi connectivity index (χ4v) is 2.34. The minimum atomic E-state index is -0.124. The Morgan fingerprint density at radius 1 is 1.29 bits per heavy atom. The van der Waals surface area contributed by atoms with Gasteiger partial charge < -0.3 is 15.0 Å². The first kappa shape index (κ1) is 15.1. The number of hydrogen-bond donors (Lipinski definition) is 2. The van der Waals surface area contributed by atoms with Gasteiger partial charge in [-0.1, -0.05) is 17.7 Å². The molecule has 0 saturated heterocycles. The average Bonchev–Trinajstić information content (AvgIpc) is 2.90. The van der Waals surface area contributed by atoms with Crippen LogP contribution in [-0.4, -0.2) is 29.0 Å². The van der Waals surface area contributed by atoms with Crippen LogP contribution in [0.15, 0.2) is 24.5 Å². The molecule has 0 bridgehead atoms. The Labute approximate surface area is 124 Å². The normalized spacial score (nSPS) is 10.4. The van der Waals surface area contributed by atoms with Crippen molar-refractivity contribution in [3.8, 4) is 5.75 Å². The zero-order valence-electron chi connectivity index (χ0n) is 12.7. The number of carbonyl (C=O) groups excluding carboxylic acids is 1. The number of aromatic nitrogens is 2. The van der Waals surface area contributed by atoms with E-state index in [1.807, 2.05) is 20.8 Å². The number of H-pyrrole nitrogens is 1. The second-order valence-electron chi connectivity index (χ2n) is 5.15. The van der Waals surface area contributed by atoms with Crippen LogP contribution in [0.2, 0.25) is 0 Å². The maximum atomic E-state index is 11.8. The molecule has 1 heterocycles. The third-order valence-electron chi connectivity index (χ3n) is 3.19. The van der Waals surface area contributed by atoms with Crippen LogP contribution in [0.1, 0.15) is 22.5 Å². The van der Waals surface area contributed by atoms with Crippen molar-refractivity contribution in [2.24, 2.45) is 0 Å². The SMILES string of the molecule is Cc1cc(C)c(OCC(=O)NCCc2ncc[nH]2)c(C)c1. The van der Waals surface area contributed by atoms with Crippen molar-refractivity contribution in [3.63, 3.8) is 0 Å².